The fourth-order valence-electron chi connectivity index (χ4n) is 4.75. The standard InChI is InChI=1S/C34H63NO5S/c1-3-5-7-9-11-13-15-17-18-20-22-24-26-28-30-34(37)35-32(31-41(38,39)40)33(36)29-27-25-23-21-19-16-14-12-10-8-6-4-2/h15,17,19,21,27,29,32-33,36H,3-14,16,18,20,22-26,28,30-31H2,1-2H3,(H,35,37)(H,38,39,40)/b17-15-,21-19+,29-27+. The van der Waals surface area contributed by atoms with Crippen LogP contribution in [-0.2, 0) is 14.9 Å². The lowest BCUT2D eigenvalue weighted by atomic mass is 10.1. The lowest BCUT2D eigenvalue weighted by Crippen LogP contribution is -2.46. The Labute approximate surface area is 253 Å². The molecule has 0 aromatic rings. The number of hydrogen-bond donors (Lipinski definition) is 3. The number of carbonyl (C=O) groups is 1. The zero-order valence-electron chi connectivity index (χ0n) is 26.4. The van der Waals surface area contributed by atoms with Crippen LogP contribution >= 0.6 is 0 Å². The average Bonchev–Trinajstić information content (AvgIpc) is 2.92. The van der Waals surface area contributed by atoms with Crippen molar-refractivity contribution in [1.29, 1.82) is 0 Å². The van der Waals surface area contributed by atoms with Gasteiger partial charge in [-0.1, -0.05) is 127 Å². The van der Waals surface area contributed by atoms with Crippen molar-refractivity contribution in [2.24, 2.45) is 0 Å². The van der Waals surface area contributed by atoms with Crippen molar-refractivity contribution in [1.82, 2.24) is 5.32 Å². The second kappa shape index (κ2) is 28.7. The second-order valence-electron chi connectivity index (χ2n) is 11.4. The van der Waals surface area contributed by atoms with Crippen molar-refractivity contribution in [2.45, 2.75) is 167 Å². The summed E-state index contributed by atoms with van der Waals surface area (Å²) in [6, 6.07) is -1.07. The average molecular weight is 598 g/mol. The van der Waals surface area contributed by atoms with Gasteiger partial charge in [0.2, 0.25) is 5.91 Å². The van der Waals surface area contributed by atoms with Gasteiger partial charge in [0.05, 0.1) is 17.9 Å². The highest BCUT2D eigenvalue weighted by molar-refractivity contribution is 7.85. The Hall–Kier alpha value is -1.44. The third kappa shape index (κ3) is 29.8. The van der Waals surface area contributed by atoms with Crippen LogP contribution in [-0.4, -0.2) is 41.9 Å². The normalized spacial score (nSPS) is 14.0. The van der Waals surface area contributed by atoms with Crippen molar-refractivity contribution < 1.29 is 22.9 Å². The molecule has 6 nitrogen and oxygen atoms in total. The minimum absolute atomic E-state index is 0.278. The van der Waals surface area contributed by atoms with Gasteiger partial charge in [-0.3, -0.25) is 9.35 Å². The van der Waals surface area contributed by atoms with Crippen LogP contribution in [0.5, 0.6) is 0 Å². The van der Waals surface area contributed by atoms with Crippen molar-refractivity contribution >= 4 is 16.0 Å². The molecule has 0 saturated heterocycles. The highest BCUT2D eigenvalue weighted by atomic mass is 32.2. The molecule has 0 heterocycles. The first kappa shape index (κ1) is 39.6. The molecule has 0 aliphatic carbocycles. The Morgan fingerprint density at radius 2 is 1.05 bits per heavy atom. The summed E-state index contributed by atoms with van der Waals surface area (Å²) in [6.45, 7) is 4.46. The highest BCUT2D eigenvalue weighted by Crippen LogP contribution is 2.11. The Kier molecular flexibility index (Phi) is 27.7. The second-order valence-corrected chi connectivity index (χ2v) is 12.9. The fraction of sp³-hybridized carbons (Fsp3) is 0.794. The first-order valence-electron chi connectivity index (χ1n) is 16.7. The summed E-state index contributed by atoms with van der Waals surface area (Å²) >= 11 is 0. The monoisotopic (exact) mass is 597 g/mol. The lowest BCUT2D eigenvalue weighted by molar-refractivity contribution is -0.122. The molecule has 0 fully saturated rings. The third-order valence-corrected chi connectivity index (χ3v) is 8.07. The molecule has 0 rings (SSSR count). The molecular formula is C34H63NO5S. The van der Waals surface area contributed by atoms with Gasteiger partial charge < -0.3 is 10.4 Å². The van der Waals surface area contributed by atoms with Crippen LogP contribution in [0.15, 0.2) is 36.5 Å². The van der Waals surface area contributed by atoms with E-state index in [1.54, 1.807) is 6.08 Å². The van der Waals surface area contributed by atoms with Crippen LogP contribution in [0.1, 0.15) is 155 Å². The molecular weight excluding hydrogens is 534 g/mol. The van der Waals surface area contributed by atoms with Crippen molar-refractivity contribution in [2.75, 3.05) is 5.75 Å². The predicted octanol–water partition coefficient (Wildman–Crippen LogP) is 9.01. The molecule has 2 atom stereocenters. The van der Waals surface area contributed by atoms with Crippen molar-refractivity contribution in [3.05, 3.63) is 36.5 Å². The summed E-state index contributed by atoms with van der Waals surface area (Å²) in [5.41, 5.74) is 0. The number of hydrogen-bond acceptors (Lipinski definition) is 4. The quantitative estimate of drug-likeness (QED) is 0.0453. The third-order valence-electron chi connectivity index (χ3n) is 7.29. The summed E-state index contributed by atoms with van der Waals surface area (Å²) in [7, 11) is -4.34. The number of nitrogens with one attached hydrogen (secondary N) is 1. The molecule has 41 heavy (non-hydrogen) atoms. The van der Waals surface area contributed by atoms with Gasteiger partial charge in [0, 0.05) is 6.42 Å². The predicted molar refractivity (Wildman–Crippen MR) is 175 cm³/mol. The van der Waals surface area contributed by atoms with Gasteiger partial charge in [-0.15, -0.1) is 0 Å². The van der Waals surface area contributed by atoms with Crippen LogP contribution in [0.25, 0.3) is 0 Å². The molecule has 3 N–H and O–H groups in total. The van der Waals surface area contributed by atoms with E-state index in [0.29, 0.717) is 6.42 Å². The van der Waals surface area contributed by atoms with E-state index in [0.717, 1.165) is 51.4 Å². The molecule has 0 aromatic heterocycles. The van der Waals surface area contributed by atoms with Gasteiger partial charge in [-0.2, -0.15) is 8.42 Å². The number of aliphatic hydroxyl groups is 1. The number of rotatable bonds is 29. The molecule has 0 aliphatic rings. The van der Waals surface area contributed by atoms with Gasteiger partial charge in [0.25, 0.3) is 10.1 Å². The smallest absolute Gasteiger partial charge is 0.267 e. The van der Waals surface area contributed by atoms with Gasteiger partial charge in [0.15, 0.2) is 0 Å². The maximum atomic E-state index is 12.4. The van der Waals surface area contributed by atoms with E-state index < -0.39 is 28.0 Å². The largest absolute Gasteiger partial charge is 0.387 e. The molecule has 0 aliphatic heterocycles. The molecule has 0 aromatic carbocycles. The summed E-state index contributed by atoms with van der Waals surface area (Å²) < 4.78 is 32.2. The molecule has 7 heteroatoms. The van der Waals surface area contributed by atoms with Gasteiger partial charge in [-0.25, -0.2) is 0 Å². The summed E-state index contributed by atoms with van der Waals surface area (Å²) in [5, 5.41) is 13.1. The first-order valence-corrected chi connectivity index (χ1v) is 18.3. The van der Waals surface area contributed by atoms with Crippen LogP contribution in [0.3, 0.4) is 0 Å². The minimum Gasteiger partial charge on any atom is -0.387 e. The van der Waals surface area contributed by atoms with Gasteiger partial charge in [-0.05, 0) is 57.8 Å². The van der Waals surface area contributed by atoms with Crippen LogP contribution in [0.2, 0.25) is 0 Å². The molecule has 2 unspecified atom stereocenters. The van der Waals surface area contributed by atoms with E-state index >= 15 is 0 Å². The van der Waals surface area contributed by atoms with E-state index in [1.165, 1.54) is 83.1 Å². The topological polar surface area (TPSA) is 104 Å². The van der Waals surface area contributed by atoms with Crippen molar-refractivity contribution in [3.63, 3.8) is 0 Å². The Bertz CT molecular complexity index is 791. The molecule has 240 valence electrons. The van der Waals surface area contributed by atoms with Crippen LogP contribution in [0.4, 0.5) is 0 Å². The maximum absolute atomic E-state index is 12.4. The zero-order valence-corrected chi connectivity index (χ0v) is 27.2. The Balaban J connectivity index is 4.11. The number of allylic oxidation sites excluding steroid dienone is 5. The zero-order chi connectivity index (χ0) is 30.4. The van der Waals surface area contributed by atoms with Crippen molar-refractivity contribution in [3.8, 4) is 0 Å². The van der Waals surface area contributed by atoms with Crippen LogP contribution < -0.4 is 5.32 Å². The number of aliphatic hydroxyl groups excluding tert-OH is 1. The Morgan fingerprint density at radius 1 is 0.634 bits per heavy atom. The SMILES string of the molecule is CCCCCCC/C=C\CCCCCCCC(=O)NC(CS(=O)(=O)O)C(O)/C=C/CC/C=C/CCCCCCCC. The van der Waals surface area contributed by atoms with E-state index in [1.807, 2.05) is 0 Å². The minimum atomic E-state index is -4.34. The van der Waals surface area contributed by atoms with E-state index in [9.17, 15) is 22.9 Å². The maximum Gasteiger partial charge on any atom is 0.267 e. The molecule has 0 radical (unpaired) electrons. The summed E-state index contributed by atoms with van der Waals surface area (Å²) in [6.07, 6.45) is 35.5. The fourth-order valence-corrected chi connectivity index (χ4v) is 5.49. The molecule has 1 amide bonds. The lowest BCUT2D eigenvalue weighted by Gasteiger charge is -2.21. The summed E-state index contributed by atoms with van der Waals surface area (Å²) in [4.78, 5) is 12.4. The molecule has 0 saturated carbocycles. The molecule has 0 spiro atoms. The van der Waals surface area contributed by atoms with Gasteiger partial charge >= 0.3 is 0 Å². The number of carbonyl (C=O) groups excluding carboxylic acids is 1. The number of unbranched alkanes of at least 4 members (excludes halogenated alkanes) is 17. The van der Waals surface area contributed by atoms with E-state index in [-0.39, 0.29) is 12.3 Å². The molecule has 0 bridgehead atoms. The van der Waals surface area contributed by atoms with E-state index in [4.69, 9.17) is 0 Å². The first-order chi connectivity index (χ1) is 19.8. The summed E-state index contributed by atoms with van der Waals surface area (Å²) in [5.74, 6) is -1.01. The highest BCUT2D eigenvalue weighted by Gasteiger charge is 2.24. The number of amides is 1. The Morgan fingerprint density at radius 3 is 1.54 bits per heavy atom. The van der Waals surface area contributed by atoms with Gasteiger partial charge in [0.1, 0.15) is 0 Å². The van der Waals surface area contributed by atoms with E-state index in [2.05, 4.69) is 43.5 Å². The van der Waals surface area contributed by atoms with Crippen LogP contribution in [0, 0.1) is 0 Å².